The molecule has 0 unspecified atom stereocenters. The number of carboxylic acid groups (broad SMARTS) is 1. The number of hydrogen-bond acceptors (Lipinski definition) is 1. The predicted octanol–water partition coefficient (Wildman–Crippen LogP) is 1.17. The van der Waals surface area contributed by atoms with E-state index in [2.05, 4.69) is 0 Å². The van der Waals surface area contributed by atoms with Gasteiger partial charge in [-0.25, -0.2) is 9.18 Å². The molecule has 1 aromatic rings. The van der Waals surface area contributed by atoms with Crippen molar-refractivity contribution < 1.29 is 14.3 Å². The maximum Gasteiger partial charge on any atom is 0.355 e. The SMILES string of the molecule is Cc1cc(F)c(C(=O)O)n1C. The molecule has 0 aliphatic heterocycles. The molecule has 0 fully saturated rings. The zero-order valence-corrected chi connectivity index (χ0v) is 6.26. The van der Waals surface area contributed by atoms with Crippen molar-refractivity contribution in [1.82, 2.24) is 4.57 Å². The molecule has 0 aliphatic carbocycles. The molecule has 11 heavy (non-hydrogen) atoms. The van der Waals surface area contributed by atoms with Gasteiger partial charge in [0.1, 0.15) is 0 Å². The molecule has 3 nitrogen and oxygen atoms in total. The lowest BCUT2D eigenvalue weighted by molar-refractivity contribution is 0.0681. The highest BCUT2D eigenvalue weighted by Crippen LogP contribution is 2.11. The first kappa shape index (κ1) is 7.78. The van der Waals surface area contributed by atoms with Crippen molar-refractivity contribution >= 4 is 5.97 Å². The van der Waals surface area contributed by atoms with Gasteiger partial charge in [-0.2, -0.15) is 0 Å². The number of nitrogens with zero attached hydrogens (tertiary/aromatic N) is 1. The second-order valence-electron chi connectivity index (χ2n) is 2.35. The van der Waals surface area contributed by atoms with E-state index >= 15 is 0 Å². The molecule has 1 aromatic heterocycles. The normalized spacial score (nSPS) is 10.1. The standard InChI is InChI=1S/C7H8FNO2/c1-4-3-5(8)6(7(10)11)9(4)2/h3H,1-2H3,(H,10,11). The van der Waals surface area contributed by atoms with Crippen molar-refractivity contribution in [3.05, 3.63) is 23.3 Å². The Balaban J connectivity index is 3.34. The Morgan fingerprint density at radius 2 is 2.27 bits per heavy atom. The Morgan fingerprint density at radius 3 is 2.45 bits per heavy atom. The highest BCUT2D eigenvalue weighted by atomic mass is 19.1. The largest absolute Gasteiger partial charge is 0.476 e. The van der Waals surface area contributed by atoms with Gasteiger partial charge >= 0.3 is 5.97 Å². The molecule has 1 heterocycles. The molecule has 1 N–H and O–H groups in total. The molecule has 0 amide bonds. The zero-order valence-electron chi connectivity index (χ0n) is 6.26. The fourth-order valence-corrected chi connectivity index (χ4v) is 0.931. The van der Waals surface area contributed by atoms with E-state index in [-0.39, 0.29) is 5.69 Å². The molecule has 0 aliphatic rings. The molecule has 0 bridgehead atoms. The number of carboxylic acids is 1. The number of aromatic carboxylic acids is 1. The van der Waals surface area contributed by atoms with Gasteiger partial charge in [-0.05, 0) is 13.0 Å². The second kappa shape index (κ2) is 2.38. The summed E-state index contributed by atoms with van der Waals surface area (Å²) in [5.41, 5.74) is 0.308. The number of halogens is 1. The molecule has 0 radical (unpaired) electrons. The second-order valence-corrected chi connectivity index (χ2v) is 2.35. The molecule has 0 atom stereocenters. The fourth-order valence-electron chi connectivity index (χ4n) is 0.931. The van der Waals surface area contributed by atoms with Gasteiger partial charge in [0.2, 0.25) is 0 Å². The smallest absolute Gasteiger partial charge is 0.355 e. The fraction of sp³-hybridized carbons (Fsp3) is 0.286. The first-order valence-corrected chi connectivity index (χ1v) is 3.09. The van der Waals surface area contributed by atoms with Gasteiger partial charge in [0.05, 0.1) is 0 Å². The third-order valence-corrected chi connectivity index (χ3v) is 1.63. The number of carbonyl (C=O) groups is 1. The minimum Gasteiger partial charge on any atom is -0.476 e. The van der Waals surface area contributed by atoms with Crippen LogP contribution in [0.25, 0.3) is 0 Å². The molecule has 4 heteroatoms. The van der Waals surface area contributed by atoms with E-state index in [1.165, 1.54) is 17.7 Å². The summed E-state index contributed by atoms with van der Waals surface area (Å²) in [5.74, 6) is -1.92. The molecule has 60 valence electrons. The summed E-state index contributed by atoms with van der Waals surface area (Å²) in [5, 5.41) is 8.50. The topological polar surface area (TPSA) is 42.2 Å². The Hall–Kier alpha value is -1.32. The van der Waals surface area contributed by atoms with Crippen LogP contribution in [0, 0.1) is 12.7 Å². The highest BCUT2D eigenvalue weighted by molar-refractivity contribution is 5.86. The van der Waals surface area contributed by atoms with Crippen LogP contribution in [0.4, 0.5) is 4.39 Å². The van der Waals surface area contributed by atoms with Crippen LogP contribution in [0.15, 0.2) is 6.07 Å². The zero-order chi connectivity index (χ0) is 8.59. The Morgan fingerprint density at radius 1 is 1.73 bits per heavy atom. The molecule has 0 saturated heterocycles. The van der Waals surface area contributed by atoms with E-state index in [1.807, 2.05) is 0 Å². The maximum absolute atomic E-state index is 12.7. The average molecular weight is 157 g/mol. The summed E-state index contributed by atoms with van der Waals surface area (Å²) in [6.45, 7) is 1.65. The van der Waals surface area contributed by atoms with Crippen LogP contribution in [0.5, 0.6) is 0 Å². The van der Waals surface area contributed by atoms with Gasteiger partial charge in [-0.15, -0.1) is 0 Å². The van der Waals surface area contributed by atoms with E-state index < -0.39 is 11.8 Å². The van der Waals surface area contributed by atoms with Gasteiger partial charge in [-0.1, -0.05) is 0 Å². The predicted molar refractivity (Wildman–Crippen MR) is 37.1 cm³/mol. The van der Waals surface area contributed by atoms with E-state index in [0.29, 0.717) is 5.69 Å². The number of aromatic nitrogens is 1. The summed E-state index contributed by atoms with van der Waals surface area (Å²) in [7, 11) is 1.52. The molecule has 0 saturated carbocycles. The lowest BCUT2D eigenvalue weighted by atomic mass is 10.4. The molecule has 1 rings (SSSR count). The highest BCUT2D eigenvalue weighted by Gasteiger charge is 2.15. The minimum atomic E-state index is -1.24. The van der Waals surface area contributed by atoms with Gasteiger partial charge in [-0.3, -0.25) is 0 Å². The summed E-state index contributed by atoms with van der Waals surface area (Å²) in [4.78, 5) is 10.4. The third kappa shape index (κ3) is 1.11. The van der Waals surface area contributed by atoms with Crippen molar-refractivity contribution in [2.24, 2.45) is 7.05 Å². The van der Waals surface area contributed by atoms with Crippen molar-refractivity contribution in [3.63, 3.8) is 0 Å². The maximum atomic E-state index is 12.7. The third-order valence-electron chi connectivity index (χ3n) is 1.63. The first-order chi connectivity index (χ1) is 5.04. The van der Waals surface area contributed by atoms with Crippen LogP contribution in [0.3, 0.4) is 0 Å². The molecule has 0 aromatic carbocycles. The summed E-state index contributed by atoms with van der Waals surface area (Å²) in [6.07, 6.45) is 0. The lowest BCUT2D eigenvalue weighted by Gasteiger charge is -1.98. The van der Waals surface area contributed by atoms with Crippen LogP contribution in [-0.4, -0.2) is 15.6 Å². The van der Waals surface area contributed by atoms with Crippen molar-refractivity contribution in [2.75, 3.05) is 0 Å². The summed E-state index contributed by atoms with van der Waals surface area (Å²) >= 11 is 0. The lowest BCUT2D eigenvalue weighted by Crippen LogP contribution is -2.06. The Bertz CT molecular complexity index is 304. The molecular formula is C7H8FNO2. The number of aryl methyl sites for hydroxylation is 1. The molecule has 0 spiro atoms. The monoisotopic (exact) mass is 157 g/mol. The van der Waals surface area contributed by atoms with Crippen molar-refractivity contribution in [2.45, 2.75) is 6.92 Å². The Labute approximate surface area is 63.1 Å². The van der Waals surface area contributed by atoms with Gasteiger partial charge in [0.25, 0.3) is 0 Å². The summed E-state index contributed by atoms with van der Waals surface area (Å²) < 4.78 is 14.0. The van der Waals surface area contributed by atoms with Crippen LogP contribution in [0.2, 0.25) is 0 Å². The first-order valence-electron chi connectivity index (χ1n) is 3.09. The number of hydrogen-bond donors (Lipinski definition) is 1. The quantitative estimate of drug-likeness (QED) is 0.664. The van der Waals surface area contributed by atoms with Crippen LogP contribution >= 0.6 is 0 Å². The van der Waals surface area contributed by atoms with Gasteiger partial charge < -0.3 is 9.67 Å². The van der Waals surface area contributed by atoms with Gasteiger partial charge in [0, 0.05) is 12.7 Å². The average Bonchev–Trinajstić information content (AvgIpc) is 2.07. The van der Waals surface area contributed by atoms with Crippen molar-refractivity contribution in [1.29, 1.82) is 0 Å². The number of rotatable bonds is 1. The van der Waals surface area contributed by atoms with Crippen LogP contribution < -0.4 is 0 Å². The molecular weight excluding hydrogens is 149 g/mol. The van der Waals surface area contributed by atoms with Crippen LogP contribution in [0.1, 0.15) is 16.2 Å². The van der Waals surface area contributed by atoms with E-state index in [9.17, 15) is 9.18 Å². The van der Waals surface area contributed by atoms with Crippen molar-refractivity contribution in [3.8, 4) is 0 Å². The van der Waals surface area contributed by atoms with E-state index in [4.69, 9.17) is 5.11 Å². The van der Waals surface area contributed by atoms with E-state index in [1.54, 1.807) is 6.92 Å². The minimum absolute atomic E-state index is 0.289. The van der Waals surface area contributed by atoms with Gasteiger partial charge in [0.15, 0.2) is 11.5 Å². The Kier molecular flexibility index (Phi) is 1.68. The van der Waals surface area contributed by atoms with E-state index in [0.717, 1.165) is 0 Å². The van der Waals surface area contributed by atoms with Crippen LogP contribution in [-0.2, 0) is 7.05 Å². The summed E-state index contributed by atoms with van der Waals surface area (Å²) in [6, 6.07) is 1.20.